The van der Waals surface area contributed by atoms with Gasteiger partial charge in [-0.3, -0.25) is 4.79 Å². The first-order valence-corrected chi connectivity index (χ1v) is 11.3. The van der Waals surface area contributed by atoms with E-state index in [1.165, 1.54) is 16.4 Å². The summed E-state index contributed by atoms with van der Waals surface area (Å²) in [6.45, 7) is 6.13. The van der Waals surface area contributed by atoms with E-state index < -0.39 is 0 Å². The third-order valence-corrected chi connectivity index (χ3v) is 5.55. The van der Waals surface area contributed by atoms with Crippen molar-refractivity contribution in [1.82, 2.24) is 19.7 Å². The molecule has 0 radical (unpaired) electrons. The van der Waals surface area contributed by atoms with Crippen LogP contribution in [0, 0.1) is 6.92 Å². The van der Waals surface area contributed by atoms with Crippen LogP contribution in [0.15, 0.2) is 53.2 Å². The van der Waals surface area contributed by atoms with E-state index >= 15 is 0 Å². The van der Waals surface area contributed by atoms with Gasteiger partial charge in [0.15, 0.2) is 17.5 Å². The Bertz CT molecular complexity index is 1280. The fraction of sp³-hybridized carbons (Fsp3) is 0.250. The second-order valence-corrected chi connectivity index (χ2v) is 8.83. The first kappa shape index (κ1) is 23.0. The van der Waals surface area contributed by atoms with Crippen LogP contribution < -0.4 is 5.32 Å². The molecule has 3 aromatic heterocycles. The Kier molecular flexibility index (Phi) is 6.81. The lowest BCUT2D eigenvalue weighted by atomic mass is 10.0. The Hall–Kier alpha value is -3.16. The minimum absolute atomic E-state index is 0.193. The predicted octanol–water partition coefficient (Wildman–Crippen LogP) is 6.23. The fourth-order valence-electron chi connectivity index (χ4n) is 3.33. The Morgan fingerprint density at radius 3 is 2.58 bits per heavy atom. The molecule has 0 atom stereocenters. The predicted molar refractivity (Wildman–Crippen MR) is 129 cm³/mol. The van der Waals surface area contributed by atoms with E-state index in [9.17, 15) is 4.79 Å². The molecule has 4 rings (SSSR count). The van der Waals surface area contributed by atoms with E-state index in [1.54, 1.807) is 18.3 Å². The molecule has 0 fully saturated rings. The fourth-order valence-corrected chi connectivity index (χ4v) is 3.79. The lowest BCUT2D eigenvalue weighted by Gasteiger charge is -2.09. The zero-order chi connectivity index (χ0) is 23.5. The van der Waals surface area contributed by atoms with Gasteiger partial charge in [-0.05, 0) is 24.5 Å². The van der Waals surface area contributed by atoms with Gasteiger partial charge in [-0.15, -0.1) is 0 Å². The zero-order valence-electron chi connectivity index (χ0n) is 18.5. The summed E-state index contributed by atoms with van der Waals surface area (Å²) in [7, 11) is 0. The number of oxazole rings is 1. The minimum Gasteiger partial charge on any atom is -0.441 e. The van der Waals surface area contributed by atoms with Gasteiger partial charge >= 0.3 is 0 Å². The molecule has 0 spiro atoms. The van der Waals surface area contributed by atoms with E-state index in [2.05, 4.69) is 46.4 Å². The van der Waals surface area contributed by atoms with Crippen LogP contribution >= 0.6 is 23.2 Å². The van der Waals surface area contributed by atoms with Crippen LogP contribution in [-0.4, -0.2) is 25.7 Å². The topological polar surface area (TPSA) is 85.8 Å². The summed E-state index contributed by atoms with van der Waals surface area (Å²) < 4.78 is 7.33. The minimum atomic E-state index is -0.206. The molecular formula is C24H23Cl2N5O2. The SMILES string of the molecule is Cc1cc(NC(=O)CCc2ncc(-c3ccc(C(C)C)cc3)o2)n(-c2ncc(Cl)cc2Cl)n1. The van der Waals surface area contributed by atoms with Gasteiger partial charge in [-0.25, -0.2) is 9.97 Å². The van der Waals surface area contributed by atoms with E-state index in [1.807, 2.05) is 19.1 Å². The summed E-state index contributed by atoms with van der Waals surface area (Å²) in [6, 6.07) is 11.5. The lowest BCUT2D eigenvalue weighted by molar-refractivity contribution is -0.116. The summed E-state index contributed by atoms with van der Waals surface area (Å²) in [5.41, 5.74) is 2.92. The molecule has 3 heterocycles. The number of aryl methyl sites for hydroxylation is 2. The number of hydrogen-bond donors (Lipinski definition) is 1. The molecule has 0 bridgehead atoms. The normalized spacial score (nSPS) is 11.2. The molecule has 0 saturated carbocycles. The van der Waals surface area contributed by atoms with Crippen molar-refractivity contribution in [2.24, 2.45) is 0 Å². The highest BCUT2D eigenvalue weighted by Gasteiger charge is 2.16. The Morgan fingerprint density at radius 2 is 1.88 bits per heavy atom. The highest BCUT2D eigenvalue weighted by Crippen LogP contribution is 2.26. The standard InChI is InChI=1S/C24H23Cl2N5O2/c1-14(2)16-4-6-17(7-5-16)20-13-27-23(33-20)9-8-22(32)29-21-10-15(3)30-31(21)24-19(26)11-18(25)12-28-24/h4-7,10-14H,8-9H2,1-3H3,(H,29,32). The average molecular weight is 484 g/mol. The molecule has 0 aliphatic carbocycles. The van der Waals surface area contributed by atoms with Gasteiger partial charge in [0.25, 0.3) is 0 Å². The summed E-state index contributed by atoms with van der Waals surface area (Å²) in [5, 5.41) is 7.98. The number of nitrogens with zero attached hydrogens (tertiary/aromatic N) is 4. The first-order chi connectivity index (χ1) is 15.8. The van der Waals surface area contributed by atoms with Gasteiger partial charge in [0.05, 0.1) is 21.9 Å². The number of anilines is 1. The van der Waals surface area contributed by atoms with Crippen molar-refractivity contribution in [3.05, 3.63) is 76.0 Å². The number of carbonyl (C=O) groups is 1. The van der Waals surface area contributed by atoms with Crippen LogP contribution in [0.3, 0.4) is 0 Å². The molecule has 33 heavy (non-hydrogen) atoms. The molecule has 0 unspecified atom stereocenters. The van der Waals surface area contributed by atoms with Gasteiger partial charge < -0.3 is 9.73 Å². The maximum atomic E-state index is 12.6. The number of pyridine rings is 1. The molecular weight excluding hydrogens is 461 g/mol. The summed E-state index contributed by atoms with van der Waals surface area (Å²) >= 11 is 12.2. The van der Waals surface area contributed by atoms with Crippen molar-refractivity contribution < 1.29 is 9.21 Å². The lowest BCUT2D eigenvalue weighted by Crippen LogP contribution is -2.16. The number of nitrogens with one attached hydrogen (secondary N) is 1. The molecule has 0 aliphatic heterocycles. The Morgan fingerprint density at radius 1 is 1.12 bits per heavy atom. The second kappa shape index (κ2) is 9.77. The van der Waals surface area contributed by atoms with Gasteiger partial charge in [0.1, 0.15) is 5.82 Å². The van der Waals surface area contributed by atoms with Crippen LogP contribution in [0.25, 0.3) is 17.1 Å². The van der Waals surface area contributed by atoms with Gasteiger partial charge in [0.2, 0.25) is 5.91 Å². The largest absolute Gasteiger partial charge is 0.441 e. The highest BCUT2D eigenvalue weighted by molar-refractivity contribution is 6.35. The number of amides is 1. The van der Waals surface area contributed by atoms with Crippen LogP contribution in [0.1, 0.15) is 43.3 Å². The van der Waals surface area contributed by atoms with E-state index in [0.29, 0.717) is 51.4 Å². The number of carbonyl (C=O) groups excluding carboxylic acids is 1. The summed E-state index contributed by atoms with van der Waals surface area (Å²) in [4.78, 5) is 21.1. The van der Waals surface area contributed by atoms with Crippen LogP contribution in [-0.2, 0) is 11.2 Å². The van der Waals surface area contributed by atoms with E-state index in [4.69, 9.17) is 27.6 Å². The van der Waals surface area contributed by atoms with Crippen LogP contribution in [0.4, 0.5) is 5.82 Å². The molecule has 0 saturated heterocycles. The van der Waals surface area contributed by atoms with Crippen molar-refractivity contribution in [2.45, 2.75) is 39.5 Å². The molecule has 9 heteroatoms. The molecule has 4 aromatic rings. The first-order valence-electron chi connectivity index (χ1n) is 10.5. The molecule has 1 amide bonds. The van der Waals surface area contributed by atoms with Crippen LogP contribution in [0.2, 0.25) is 10.0 Å². The van der Waals surface area contributed by atoms with Crippen molar-refractivity contribution in [1.29, 1.82) is 0 Å². The van der Waals surface area contributed by atoms with E-state index in [-0.39, 0.29) is 12.3 Å². The maximum absolute atomic E-state index is 12.6. The number of rotatable bonds is 7. The summed E-state index contributed by atoms with van der Waals surface area (Å²) in [5.74, 6) is 2.28. The maximum Gasteiger partial charge on any atom is 0.226 e. The number of hydrogen-bond acceptors (Lipinski definition) is 5. The van der Waals surface area contributed by atoms with Gasteiger partial charge in [0, 0.05) is 30.7 Å². The van der Waals surface area contributed by atoms with Crippen molar-refractivity contribution in [2.75, 3.05) is 5.32 Å². The summed E-state index contributed by atoms with van der Waals surface area (Å²) in [6.07, 6.45) is 3.72. The number of benzene rings is 1. The van der Waals surface area contributed by atoms with Crippen LogP contribution in [0.5, 0.6) is 0 Å². The zero-order valence-corrected chi connectivity index (χ0v) is 20.0. The average Bonchev–Trinajstić information content (AvgIpc) is 3.39. The third-order valence-electron chi connectivity index (χ3n) is 5.07. The number of halogens is 2. The highest BCUT2D eigenvalue weighted by atomic mass is 35.5. The second-order valence-electron chi connectivity index (χ2n) is 7.98. The quantitative estimate of drug-likeness (QED) is 0.336. The number of aromatic nitrogens is 4. The Labute approximate surface area is 201 Å². The van der Waals surface area contributed by atoms with Crippen molar-refractivity contribution >= 4 is 34.9 Å². The monoisotopic (exact) mass is 483 g/mol. The molecule has 170 valence electrons. The smallest absolute Gasteiger partial charge is 0.226 e. The van der Waals surface area contributed by atoms with Crippen molar-refractivity contribution in [3.8, 4) is 17.1 Å². The van der Waals surface area contributed by atoms with Crippen molar-refractivity contribution in [3.63, 3.8) is 0 Å². The van der Waals surface area contributed by atoms with E-state index in [0.717, 1.165) is 5.56 Å². The molecule has 0 aliphatic rings. The third kappa shape index (κ3) is 5.43. The molecule has 1 N–H and O–H groups in total. The molecule has 1 aromatic carbocycles. The van der Waals surface area contributed by atoms with Gasteiger partial charge in [-0.2, -0.15) is 9.78 Å². The Balaban J connectivity index is 1.41. The van der Waals surface area contributed by atoms with Gasteiger partial charge in [-0.1, -0.05) is 61.3 Å². The molecule has 7 nitrogen and oxygen atoms in total.